The van der Waals surface area contributed by atoms with Crippen molar-refractivity contribution in [1.29, 1.82) is 0 Å². The SMILES string of the molecule is CCCS(=O)(=O)c1cccc(-c2cc(C(F)(F)F)ccc2OCC(=O)OC(C)(C)C)c1. The molecule has 0 unspecified atom stereocenters. The molecule has 0 atom stereocenters. The van der Waals surface area contributed by atoms with Gasteiger partial charge in [-0.05, 0) is 63.1 Å². The quantitative estimate of drug-likeness (QED) is 0.528. The van der Waals surface area contributed by atoms with Crippen LogP contribution in [0.3, 0.4) is 0 Å². The molecule has 0 spiro atoms. The van der Waals surface area contributed by atoms with Gasteiger partial charge in [0.05, 0.1) is 16.2 Å². The molecule has 2 aromatic carbocycles. The molecule has 0 aliphatic rings. The average molecular weight is 458 g/mol. The second-order valence-electron chi connectivity index (χ2n) is 7.93. The summed E-state index contributed by atoms with van der Waals surface area (Å²) >= 11 is 0. The molecule has 9 heteroatoms. The van der Waals surface area contributed by atoms with Crippen LogP contribution in [-0.4, -0.2) is 32.3 Å². The van der Waals surface area contributed by atoms with Crippen molar-refractivity contribution in [2.75, 3.05) is 12.4 Å². The van der Waals surface area contributed by atoms with Crippen LogP contribution in [0.15, 0.2) is 47.4 Å². The number of hydrogen-bond acceptors (Lipinski definition) is 5. The van der Waals surface area contributed by atoms with Crippen LogP contribution < -0.4 is 4.74 Å². The van der Waals surface area contributed by atoms with E-state index in [1.54, 1.807) is 27.7 Å². The standard InChI is InChI=1S/C22H25F3O5S/c1-5-11-31(27,28)17-8-6-7-15(12-17)18-13-16(22(23,24)25)9-10-19(18)29-14-20(26)30-21(2,3)4/h6-10,12-13H,5,11,14H2,1-4H3. The number of rotatable bonds is 7. The molecular weight excluding hydrogens is 433 g/mol. The maximum atomic E-state index is 13.3. The normalized spacial score (nSPS) is 12.5. The van der Waals surface area contributed by atoms with E-state index in [1.807, 2.05) is 0 Å². The Morgan fingerprint density at radius 3 is 2.29 bits per heavy atom. The summed E-state index contributed by atoms with van der Waals surface area (Å²) in [5.74, 6) is -0.761. The lowest BCUT2D eigenvalue weighted by Gasteiger charge is -2.20. The molecule has 0 heterocycles. The van der Waals surface area contributed by atoms with Gasteiger partial charge in [0.25, 0.3) is 0 Å². The molecule has 0 radical (unpaired) electrons. The molecule has 0 bridgehead atoms. The molecule has 0 aromatic heterocycles. The minimum atomic E-state index is -4.61. The first kappa shape index (κ1) is 24.7. The summed E-state index contributed by atoms with van der Waals surface area (Å²) in [6, 6.07) is 8.46. The number of sulfone groups is 1. The minimum Gasteiger partial charge on any atom is -0.481 e. The van der Waals surface area contributed by atoms with Crippen molar-refractivity contribution in [3.63, 3.8) is 0 Å². The van der Waals surface area contributed by atoms with Gasteiger partial charge < -0.3 is 9.47 Å². The minimum absolute atomic E-state index is 0.00218. The number of esters is 1. The fraction of sp³-hybridized carbons (Fsp3) is 0.409. The lowest BCUT2D eigenvalue weighted by Crippen LogP contribution is -2.27. The zero-order chi connectivity index (χ0) is 23.4. The summed E-state index contributed by atoms with van der Waals surface area (Å²) < 4.78 is 75.2. The zero-order valence-electron chi connectivity index (χ0n) is 17.7. The van der Waals surface area contributed by atoms with Crippen LogP contribution in [0.4, 0.5) is 13.2 Å². The van der Waals surface area contributed by atoms with E-state index in [0.29, 0.717) is 6.42 Å². The molecule has 0 saturated carbocycles. The largest absolute Gasteiger partial charge is 0.481 e. The van der Waals surface area contributed by atoms with E-state index in [-0.39, 0.29) is 27.5 Å². The number of halogens is 3. The number of ether oxygens (including phenoxy) is 2. The van der Waals surface area contributed by atoms with Crippen molar-refractivity contribution >= 4 is 15.8 Å². The Labute approximate surface area is 180 Å². The fourth-order valence-corrected chi connectivity index (χ4v) is 4.17. The molecule has 0 aliphatic carbocycles. The van der Waals surface area contributed by atoms with Crippen LogP contribution >= 0.6 is 0 Å². The summed E-state index contributed by atoms with van der Waals surface area (Å²) in [6.45, 7) is 6.24. The first-order valence-corrected chi connectivity index (χ1v) is 11.3. The first-order chi connectivity index (χ1) is 14.2. The maximum Gasteiger partial charge on any atom is 0.416 e. The fourth-order valence-electron chi connectivity index (χ4n) is 2.81. The highest BCUT2D eigenvalue weighted by Gasteiger charge is 2.31. The molecular formula is C22H25F3O5S. The third-order valence-corrected chi connectivity index (χ3v) is 5.97. The number of hydrogen-bond donors (Lipinski definition) is 0. The van der Waals surface area contributed by atoms with Crippen LogP contribution in [0.5, 0.6) is 5.75 Å². The molecule has 5 nitrogen and oxygen atoms in total. The zero-order valence-corrected chi connectivity index (χ0v) is 18.6. The van der Waals surface area contributed by atoms with Gasteiger partial charge in [-0.25, -0.2) is 13.2 Å². The highest BCUT2D eigenvalue weighted by atomic mass is 32.2. The van der Waals surface area contributed by atoms with Gasteiger partial charge in [0, 0.05) is 5.56 Å². The van der Waals surface area contributed by atoms with Gasteiger partial charge in [-0.3, -0.25) is 0 Å². The van der Waals surface area contributed by atoms with Crippen LogP contribution in [-0.2, 0) is 25.5 Å². The highest BCUT2D eigenvalue weighted by Crippen LogP contribution is 2.38. The summed E-state index contributed by atoms with van der Waals surface area (Å²) in [7, 11) is -3.58. The maximum absolute atomic E-state index is 13.3. The van der Waals surface area contributed by atoms with Gasteiger partial charge in [-0.2, -0.15) is 13.2 Å². The Morgan fingerprint density at radius 1 is 1.03 bits per heavy atom. The molecule has 170 valence electrons. The predicted molar refractivity (Wildman–Crippen MR) is 111 cm³/mol. The van der Waals surface area contributed by atoms with Crippen LogP contribution in [0.1, 0.15) is 39.7 Å². The average Bonchev–Trinajstić information content (AvgIpc) is 2.64. The molecule has 0 saturated heterocycles. The van der Waals surface area contributed by atoms with Gasteiger partial charge in [0.2, 0.25) is 0 Å². The third kappa shape index (κ3) is 6.99. The van der Waals surface area contributed by atoms with Gasteiger partial charge >= 0.3 is 12.1 Å². The van der Waals surface area contributed by atoms with Gasteiger partial charge in [0.15, 0.2) is 16.4 Å². The summed E-state index contributed by atoms with van der Waals surface area (Å²) in [4.78, 5) is 12.0. The Bertz CT molecular complexity index is 1040. The van der Waals surface area contributed by atoms with E-state index in [4.69, 9.17) is 9.47 Å². The van der Waals surface area contributed by atoms with Gasteiger partial charge in [-0.15, -0.1) is 0 Å². The number of carbonyl (C=O) groups is 1. The van der Waals surface area contributed by atoms with E-state index < -0.39 is 39.8 Å². The number of carbonyl (C=O) groups excluding carboxylic acids is 1. The lowest BCUT2D eigenvalue weighted by molar-refractivity contribution is -0.157. The van der Waals surface area contributed by atoms with Crippen molar-refractivity contribution in [2.24, 2.45) is 0 Å². The second kappa shape index (κ2) is 9.30. The Morgan fingerprint density at radius 2 is 1.71 bits per heavy atom. The molecule has 31 heavy (non-hydrogen) atoms. The van der Waals surface area contributed by atoms with E-state index in [9.17, 15) is 26.4 Å². The Kier molecular flexibility index (Phi) is 7.41. The molecule has 0 aliphatic heterocycles. The summed E-state index contributed by atoms with van der Waals surface area (Å²) in [5, 5.41) is 0. The third-order valence-electron chi connectivity index (χ3n) is 4.05. The molecule has 0 fully saturated rings. The molecule has 2 aromatic rings. The van der Waals surface area contributed by atoms with Crippen molar-refractivity contribution in [3.8, 4) is 16.9 Å². The number of benzene rings is 2. The first-order valence-electron chi connectivity index (χ1n) is 9.62. The molecule has 0 amide bonds. The second-order valence-corrected chi connectivity index (χ2v) is 10.0. The number of alkyl halides is 3. The monoisotopic (exact) mass is 458 g/mol. The Balaban J connectivity index is 2.48. The Hall–Kier alpha value is -2.55. The molecule has 2 rings (SSSR count). The van der Waals surface area contributed by atoms with Crippen molar-refractivity contribution < 1.29 is 35.9 Å². The van der Waals surface area contributed by atoms with Crippen molar-refractivity contribution in [1.82, 2.24) is 0 Å². The summed E-state index contributed by atoms with van der Waals surface area (Å²) in [5.41, 5.74) is -1.42. The lowest BCUT2D eigenvalue weighted by atomic mass is 10.0. The van der Waals surface area contributed by atoms with E-state index >= 15 is 0 Å². The van der Waals surface area contributed by atoms with E-state index in [1.165, 1.54) is 24.3 Å². The van der Waals surface area contributed by atoms with Gasteiger partial charge in [-0.1, -0.05) is 19.1 Å². The highest BCUT2D eigenvalue weighted by molar-refractivity contribution is 7.91. The topological polar surface area (TPSA) is 69.7 Å². The van der Waals surface area contributed by atoms with E-state index in [2.05, 4.69) is 0 Å². The smallest absolute Gasteiger partial charge is 0.416 e. The predicted octanol–water partition coefficient (Wildman–Crippen LogP) is 5.28. The van der Waals surface area contributed by atoms with Crippen molar-refractivity contribution in [2.45, 2.75) is 50.8 Å². The summed E-state index contributed by atoms with van der Waals surface area (Å²) in [6.07, 6.45) is -4.20. The van der Waals surface area contributed by atoms with Crippen LogP contribution in [0.2, 0.25) is 0 Å². The van der Waals surface area contributed by atoms with Crippen molar-refractivity contribution in [3.05, 3.63) is 48.0 Å². The van der Waals surface area contributed by atoms with Crippen LogP contribution in [0, 0.1) is 0 Å². The van der Waals surface area contributed by atoms with E-state index in [0.717, 1.165) is 18.2 Å². The van der Waals surface area contributed by atoms with Crippen LogP contribution in [0.25, 0.3) is 11.1 Å². The molecule has 0 N–H and O–H groups in total. The van der Waals surface area contributed by atoms with Gasteiger partial charge in [0.1, 0.15) is 11.4 Å².